The van der Waals surface area contributed by atoms with E-state index in [0.717, 1.165) is 17.9 Å². The summed E-state index contributed by atoms with van der Waals surface area (Å²) < 4.78 is 0. The van der Waals surface area contributed by atoms with E-state index in [0.29, 0.717) is 10.7 Å². The van der Waals surface area contributed by atoms with Gasteiger partial charge in [-0.2, -0.15) is 0 Å². The number of hydrogen-bond acceptors (Lipinski definition) is 2. The number of hydrogen-bond donors (Lipinski definition) is 1. The molecule has 0 radical (unpaired) electrons. The zero-order chi connectivity index (χ0) is 12.3. The van der Waals surface area contributed by atoms with E-state index in [4.69, 9.17) is 17.3 Å². The van der Waals surface area contributed by atoms with Crippen molar-refractivity contribution in [1.29, 1.82) is 0 Å². The molecule has 0 atom stereocenters. The van der Waals surface area contributed by atoms with Gasteiger partial charge in [-0.3, -0.25) is 0 Å². The highest BCUT2D eigenvalue weighted by Crippen LogP contribution is 2.31. The Morgan fingerprint density at radius 3 is 2.41 bits per heavy atom. The first-order valence-electron chi connectivity index (χ1n) is 5.60. The van der Waals surface area contributed by atoms with Gasteiger partial charge in [0.25, 0.3) is 0 Å². The van der Waals surface area contributed by atoms with Crippen LogP contribution in [0.25, 0.3) is 0 Å². The van der Waals surface area contributed by atoms with Crippen LogP contribution in [0.15, 0.2) is 48.5 Å². The monoisotopic (exact) mass is 246 g/mol. The summed E-state index contributed by atoms with van der Waals surface area (Å²) in [7, 11) is 0. The first-order valence-corrected chi connectivity index (χ1v) is 5.97. The summed E-state index contributed by atoms with van der Waals surface area (Å²) in [4.78, 5) is 2.16. The van der Waals surface area contributed by atoms with Gasteiger partial charge in [-0.05, 0) is 37.3 Å². The van der Waals surface area contributed by atoms with Crippen molar-refractivity contribution in [3.8, 4) is 0 Å². The van der Waals surface area contributed by atoms with E-state index in [1.807, 2.05) is 30.3 Å². The van der Waals surface area contributed by atoms with Crippen LogP contribution in [-0.4, -0.2) is 6.54 Å². The Labute approximate surface area is 107 Å². The maximum atomic E-state index is 6.01. The molecule has 0 aromatic heterocycles. The SMILES string of the molecule is CCN(c1ccccc1)c1ccc(Cl)cc1N. The number of rotatable bonds is 3. The fraction of sp³-hybridized carbons (Fsp3) is 0.143. The van der Waals surface area contributed by atoms with Crippen LogP contribution in [0, 0.1) is 0 Å². The first-order chi connectivity index (χ1) is 8.22. The Kier molecular flexibility index (Phi) is 3.55. The molecule has 0 aliphatic heterocycles. The molecule has 88 valence electrons. The van der Waals surface area contributed by atoms with Crippen molar-refractivity contribution >= 4 is 28.7 Å². The Balaban J connectivity index is 2.42. The molecule has 0 amide bonds. The number of nitrogen functional groups attached to an aromatic ring is 1. The van der Waals surface area contributed by atoms with Crippen molar-refractivity contribution < 1.29 is 0 Å². The van der Waals surface area contributed by atoms with Crippen LogP contribution in [0.4, 0.5) is 17.1 Å². The van der Waals surface area contributed by atoms with Crippen LogP contribution in [0.5, 0.6) is 0 Å². The van der Waals surface area contributed by atoms with E-state index >= 15 is 0 Å². The second-order valence-corrected chi connectivity index (χ2v) is 4.22. The molecule has 0 aliphatic rings. The number of nitrogens with two attached hydrogens (primary N) is 1. The number of benzene rings is 2. The fourth-order valence-electron chi connectivity index (χ4n) is 1.87. The van der Waals surface area contributed by atoms with Gasteiger partial charge < -0.3 is 10.6 Å². The smallest absolute Gasteiger partial charge is 0.0645 e. The first kappa shape index (κ1) is 11.8. The molecule has 2 aromatic rings. The van der Waals surface area contributed by atoms with Crippen LogP contribution >= 0.6 is 11.6 Å². The molecule has 0 fully saturated rings. The van der Waals surface area contributed by atoms with Gasteiger partial charge in [0, 0.05) is 17.3 Å². The van der Waals surface area contributed by atoms with Gasteiger partial charge in [0.05, 0.1) is 11.4 Å². The van der Waals surface area contributed by atoms with Crippen molar-refractivity contribution in [2.24, 2.45) is 0 Å². The van der Waals surface area contributed by atoms with Crippen LogP contribution < -0.4 is 10.6 Å². The third-order valence-corrected chi connectivity index (χ3v) is 2.90. The third-order valence-electron chi connectivity index (χ3n) is 2.66. The van der Waals surface area contributed by atoms with E-state index in [1.54, 1.807) is 6.07 Å². The topological polar surface area (TPSA) is 29.3 Å². The van der Waals surface area contributed by atoms with Crippen molar-refractivity contribution in [1.82, 2.24) is 0 Å². The summed E-state index contributed by atoms with van der Waals surface area (Å²) in [6.07, 6.45) is 0. The highest BCUT2D eigenvalue weighted by atomic mass is 35.5. The lowest BCUT2D eigenvalue weighted by molar-refractivity contribution is 1.03. The quantitative estimate of drug-likeness (QED) is 0.827. The van der Waals surface area contributed by atoms with E-state index in [9.17, 15) is 0 Å². The zero-order valence-electron chi connectivity index (χ0n) is 9.73. The lowest BCUT2D eigenvalue weighted by Crippen LogP contribution is -2.17. The number of nitrogens with zero attached hydrogens (tertiary/aromatic N) is 1. The van der Waals surface area contributed by atoms with Gasteiger partial charge in [-0.15, -0.1) is 0 Å². The maximum Gasteiger partial charge on any atom is 0.0645 e. The predicted molar refractivity (Wildman–Crippen MR) is 75.0 cm³/mol. The van der Waals surface area contributed by atoms with Crippen molar-refractivity contribution in [2.45, 2.75) is 6.92 Å². The molecule has 2 nitrogen and oxygen atoms in total. The van der Waals surface area contributed by atoms with Crippen LogP contribution in [0.2, 0.25) is 5.02 Å². The predicted octanol–water partition coefficient (Wildman–Crippen LogP) is 4.08. The largest absolute Gasteiger partial charge is 0.397 e. The summed E-state index contributed by atoms with van der Waals surface area (Å²) in [5.41, 5.74) is 8.82. The second kappa shape index (κ2) is 5.11. The average Bonchev–Trinajstić information content (AvgIpc) is 2.34. The second-order valence-electron chi connectivity index (χ2n) is 3.78. The summed E-state index contributed by atoms with van der Waals surface area (Å²) in [6, 6.07) is 15.8. The van der Waals surface area contributed by atoms with Gasteiger partial charge in [-0.1, -0.05) is 29.8 Å². The van der Waals surface area contributed by atoms with Gasteiger partial charge in [0.1, 0.15) is 0 Å². The molecular formula is C14H15ClN2. The average molecular weight is 247 g/mol. The number of para-hydroxylation sites is 1. The van der Waals surface area contributed by atoms with Crippen molar-refractivity contribution in [3.05, 3.63) is 53.6 Å². The van der Waals surface area contributed by atoms with Crippen molar-refractivity contribution in [3.63, 3.8) is 0 Å². The standard InChI is InChI=1S/C14H15ClN2/c1-2-17(12-6-4-3-5-7-12)14-9-8-11(15)10-13(14)16/h3-10H,2,16H2,1H3. The molecule has 0 aliphatic carbocycles. The molecule has 3 heteroatoms. The Hall–Kier alpha value is -1.67. The maximum absolute atomic E-state index is 6.01. The lowest BCUT2D eigenvalue weighted by Gasteiger charge is -2.24. The Bertz CT molecular complexity index is 497. The molecule has 0 saturated heterocycles. The molecule has 0 bridgehead atoms. The minimum atomic E-state index is 0.662. The normalized spacial score (nSPS) is 10.2. The number of anilines is 3. The molecule has 0 unspecified atom stereocenters. The molecular weight excluding hydrogens is 232 g/mol. The zero-order valence-corrected chi connectivity index (χ0v) is 10.5. The summed E-state index contributed by atoms with van der Waals surface area (Å²) in [6.45, 7) is 2.96. The van der Waals surface area contributed by atoms with Crippen molar-refractivity contribution in [2.75, 3.05) is 17.2 Å². The van der Waals surface area contributed by atoms with Gasteiger partial charge in [-0.25, -0.2) is 0 Å². The van der Waals surface area contributed by atoms with E-state index in [2.05, 4.69) is 24.0 Å². The molecule has 2 rings (SSSR count). The molecule has 0 saturated carbocycles. The minimum Gasteiger partial charge on any atom is -0.397 e. The summed E-state index contributed by atoms with van der Waals surface area (Å²) >= 11 is 5.91. The van der Waals surface area contributed by atoms with Crippen LogP contribution in [-0.2, 0) is 0 Å². The lowest BCUT2D eigenvalue weighted by atomic mass is 10.2. The molecule has 0 heterocycles. The summed E-state index contributed by atoms with van der Waals surface area (Å²) in [5, 5.41) is 0.662. The molecule has 2 N–H and O–H groups in total. The molecule has 17 heavy (non-hydrogen) atoms. The summed E-state index contributed by atoms with van der Waals surface area (Å²) in [5.74, 6) is 0. The van der Waals surface area contributed by atoms with Crippen LogP contribution in [0.1, 0.15) is 6.92 Å². The number of halogens is 1. The van der Waals surface area contributed by atoms with Gasteiger partial charge in [0.2, 0.25) is 0 Å². The Morgan fingerprint density at radius 2 is 1.82 bits per heavy atom. The highest BCUT2D eigenvalue weighted by molar-refractivity contribution is 6.31. The van der Waals surface area contributed by atoms with E-state index < -0.39 is 0 Å². The minimum absolute atomic E-state index is 0.662. The van der Waals surface area contributed by atoms with E-state index in [-0.39, 0.29) is 0 Å². The molecule has 0 spiro atoms. The third kappa shape index (κ3) is 2.53. The Morgan fingerprint density at radius 1 is 1.12 bits per heavy atom. The fourth-order valence-corrected chi connectivity index (χ4v) is 2.05. The van der Waals surface area contributed by atoms with Gasteiger partial charge in [0.15, 0.2) is 0 Å². The van der Waals surface area contributed by atoms with Crippen LogP contribution in [0.3, 0.4) is 0 Å². The molecule has 2 aromatic carbocycles. The highest BCUT2D eigenvalue weighted by Gasteiger charge is 2.09. The van der Waals surface area contributed by atoms with Gasteiger partial charge >= 0.3 is 0 Å². The van der Waals surface area contributed by atoms with E-state index in [1.165, 1.54) is 0 Å².